The van der Waals surface area contributed by atoms with E-state index in [1.807, 2.05) is 0 Å². The molecule has 1 aliphatic heterocycles. The highest BCUT2D eigenvalue weighted by molar-refractivity contribution is 5.73. The second kappa shape index (κ2) is 37.9. The summed E-state index contributed by atoms with van der Waals surface area (Å²) in [6, 6.07) is 2.07. The van der Waals surface area contributed by atoms with Gasteiger partial charge in [-0.25, -0.2) is 0 Å². The Labute approximate surface area is 427 Å². The van der Waals surface area contributed by atoms with E-state index in [1.54, 1.807) is 0 Å². The minimum absolute atomic E-state index is 0.0266. The van der Waals surface area contributed by atoms with Gasteiger partial charge in [0.15, 0.2) is 0 Å². The highest BCUT2D eigenvalue weighted by Crippen LogP contribution is 2.42. The van der Waals surface area contributed by atoms with Crippen LogP contribution in [-0.4, -0.2) is 44.3 Å². The van der Waals surface area contributed by atoms with Gasteiger partial charge in [0.25, 0.3) is 0 Å². The predicted molar refractivity (Wildman–Crippen MR) is 296 cm³/mol. The Bertz CT molecular complexity index is 1620. The zero-order valence-electron chi connectivity index (χ0n) is 47.3. The number of allylic oxidation sites excluding steroid dienone is 6. The second-order valence-corrected chi connectivity index (χ2v) is 22.5. The normalized spacial score (nSPS) is 15.6. The van der Waals surface area contributed by atoms with Crippen LogP contribution in [0.3, 0.4) is 0 Å². The first-order valence-electron chi connectivity index (χ1n) is 29.1. The van der Waals surface area contributed by atoms with E-state index in [0.29, 0.717) is 18.6 Å². The lowest BCUT2D eigenvalue weighted by atomic mass is 9.86. The van der Waals surface area contributed by atoms with Crippen molar-refractivity contribution in [1.82, 2.24) is 0 Å². The van der Waals surface area contributed by atoms with Gasteiger partial charge in [-0.1, -0.05) is 158 Å². The van der Waals surface area contributed by atoms with Gasteiger partial charge >= 0.3 is 11.9 Å². The molecule has 0 saturated carbocycles. The summed E-state index contributed by atoms with van der Waals surface area (Å²) < 4.78 is 18.9. The summed E-state index contributed by atoms with van der Waals surface area (Å²) in [6.45, 7) is 21.0. The fourth-order valence-electron chi connectivity index (χ4n) is 10.0. The van der Waals surface area contributed by atoms with Gasteiger partial charge in [0.2, 0.25) is 0 Å². The van der Waals surface area contributed by atoms with Crippen molar-refractivity contribution < 1.29 is 28.7 Å². The molecule has 6 nitrogen and oxygen atoms in total. The zero-order valence-corrected chi connectivity index (χ0v) is 47.3. The summed E-state index contributed by atoms with van der Waals surface area (Å²) in [5, 5.41) is 0. The molecule has 69 heavy (non-hydrogen) atoms. The van der Waals surface area contributed by atoms with E-state index < -0.39 is 0 Å². The molecule has 0 fully saturated rings. The number of quaternary nitrogens is 1. The molecule has 2 rings (SSSR count). The largest absolute Gasteiger partial charge is 0.487 e. The van der Waals surface area contributed by atoms with E-state index in [9.17, 15) is 9.59 Å². The highest BCUT2D eigenvalue weighted by Gasteiger charge is 2.33. The zero-order chi connectivity index (χ0) is 50.7. The Morgan fingerprint density at radius 2 is 1.14 bits per heavy atom. The molecule has 0 amide bonds. The van der Waals surface area contributed by atoms with E-state index in [1.165, 1.54) is 137 Å². The number of esters is 2. The maximum Gasteiger partial charge on any atom is 0.311 e. The Balaban J connectivity index is 1.73. The van der Waals surface area contributed by atoms with Gasteiger partial charge in [0.05, 0.1) is 20.6 Å². The first-order chi connectivity index (χ1) is 33.2. The molecular weight excluding hydrogens is 851 g/mol. The molecule has 1 heterocycles. The molecule has 396 valence electrons. The third kappa shape index (κ3) is 29.9. The lowest BCUT2D eigenvalue weighted by Crippen LogP contribution is -3.05. The third-order valence-electron chi connectivity index (χ3n) is 15.0. The van der Waals surface area contributed by atoms with Gasteiger partial charge in [0.1, 0.15) is 23.2 Å². The molecule has 0 bridgehead atoms. The summed E-state index contributed by atoms with van der Waals surface area (Å²) in [6.07, 6.45) is 45.4. The molecule has 2 atom stereocenters. The van der Waals surface area contributed by atoms with Crippen molar-refractivity contribution in [2.45, 2.75) is 292 Å². The minimum Gasteiger partial charge on any atom is -0.487 e. The number of carbonyl (C=O) groups excluding carboxylic acids is 2. The van der Waals surface area contributed by atoms with E-state index in [4.69, 9.17) is 14.2 Å². The van der Waals surface area contributed by atoms with Crippen LogP contribution in [0.5, 0.6) is 11.5 Å². The van der Waals surface area contributed by atoms with Gasteiger partial charge < -0.3 is 19.1 Å². The maximum atomic E-state index is 13.1. The van der Waals surface area contributed by atoms with Crippen molar-refractivity contribution in [2.75, 3.05) is 20.6 Å². The minimum atomic E-state index is -0.201. The molecule has 0 saturated heterocycles. The molecule has 0 aromatic heterocycles. The first kappa shape index (κ1) is 62.3. The topological polar surface area (TPSA) is 66.3 Å². The number of benzene rings is 1. The van der Waals surface area contributed by atoms with Gasteiger partial charge in [-0.05, 0) is 173 Å². The smallest absolute Gasteiger partial charge is 0.311 e. The van der Waals surface area contributed by atoms with Crippen LogP contribution in [0.4, 0.5) is 0 Å². The van der Waals surface area contributed by atoms with Crippen LogP contribution in [0.2, 0.25) is 0 Å². The van der Waals surface area contributed by atoms with E-state index >= 15 is 0 Å². The van der Waals surface area contributed by atoms with E-state index in [-0.39, 0.29) is 23.6 Å². The molecule has 1 aromatic carbocycles. The number of aryl methyl sites for hydroxylation is 1. The van der Waals surface area contributed by atoms with Gasteiger partial charge in [-0.15, -0.1) is 0 Å². The standard InChI is InChI=1S/C63H109NO5/c1-12-14-16-18-20-27-41-58(42-28-21-19-17-15-13-2)67-60(65)43-29-23-22-25-39-56(46-49-64(10)11)40-26-24-30-44-61(66)68-59-50-57-45-48-63(9,69-62(57)55(8)54(59)7)47-33-38-53(6)37-32-36-52(5)35-31-34-51(3)4/h34,36,38,50,56,58H,12-33,35,37,39-49H2,1-11H3/p+1/b52-36+,53-38+. The number of hydrogen-bond donors (Lipinski definition) is 1. The second-order valence-electron chi connectivity index (χ2n) is 22.5. The summed E-state index contributed by atoms with van der Waals surface area (Å²) in [4.78, 5) is 27.6. The van der Waals surface area contributed by atoms with Crippen LogP contribution in [0.15, 0.2) is 41.0 Å². The number of fused-ring (bicyclic) bond motifs is 1. The Morgan fingerprint density at radius 3 is 1.72 bits per heavy atom. The van der Waals surface area contributed by atoms with E-state index in [0.717, 1.165) is 125 Å². The number of unbranched alkanes of at least 4 members (excludes halogenated alkanes) is 15. The molecule has 0 radical (unpaired) electrons. The van der Waals surface area contributed by atoms with Crippen molar-refractivity contribution in [1.29, 1.82) is 0 Å². The predicted octanol–water partition coefficient (Wildman–Crippen LogP) is 17.3. The van der Waals surface area contributed by atoms with Crippen molar-refractivity contribution in [3.05, 3.63) is 57.7 Å². The number of ether oxygens (including phenoxy) is 3. The average molecular weight is 962 g/mol. The van der Waals surface area contributed by atoms with Gasteiger partial charge in [0, 0.05) is 12.8 Å². The van der Waals surface area contributed by atoms with E-state index in [2.05, 4.69) is 101 Å². The molecule has 1 aliphatic rings. The van der Waals surface area contributed by atoms with Crippen LogP contribution in [-0.2, 0) is 20.7 Å². The third-order valence-corrected chi connectivity index (χ3v) is 15.0. The Kier molecular flexibility index (Phi) is 34.2. The molecule has 0 aliphatic carbocycles. The molecule has 1 N–H and O–H groups in total. The van der Waals surface area contributed by atoms with Crippen molar-refractivity contribution in [3.63, 3.8) is 0 Å². The molecule has 2 unspecified atom stereocenters. The fourth-order valence-corrected chi connectivity index (χ4v) is 10.0. The summed E-state index contributed by atoms with van der Waals surface area (Å²) in [5.41, 5.74) is 7.40. The van der Waals surface area contributed by atoms with Crippen LogP contribution in [0.1, 0.15) is 277 Å². The molecule has 6 heteroatoms. The lowest BCUT2D eigenvalue weighted by molar-refractivity contribution is -0.858. The lowest BCUT2D eigenvalue weighted by Gasteiger charge is -2.37. The highest BCUT2D eigenvalue weighted by atomic mass is 16.5. The first-order valence-corrected chi connectivity index (χ1v) is 29.1. The number of hydrogen-bond acceptors (Lipinski definition) is 5. The quantitative estimate of drug-likeness (QED) is 0.0307. The molecule has 0 spiro atoms. The molecular formula is C63H110NO5+. The summed E-state index contributed by atoms with van der Waals surface area (Å²) >= 11 is 0. The van der Waals surface area contributed by atoms with Crippen LogP contribution >= 0.6 is 0 Å². The van der Waals surface area contributed by atoms with Crippen molar-refractivity contribution in [3.8, 4) is 11.5 Å². The van der Waals surface area contributed by atoms with Gasteiger partial charge in [-0.3, -0.25) is 9.59 Å². The SMILES string of the molecule is CCCCCCCCC(CCCCCCCC)OC(=O)CCCCCCC(CCCCCC(=O)Oc1cc2c(c(C)c1C)OC(C)(CC/C=C(\C)CC/C=C(\C)CCC=C(C)C)CC2)CC[NH+](C)C. The molecule has 1 aromatic rings. The Hall–Kier alpha value is -2.86. The number of rotatable bonds is 41. The van der Waals surface area contributed by atoms with Gasteiger partial charge in [-0.2, -0.15) is 0 Å². The Morgan fingerprint density at radius 1 is 0.638 bits per heavy atom. The summed E-state index contributed by atoms with van der Waals surface area (Å²) in [5.74, 6) is 2.30. The van der Waals surface area contributed by atoms with Crippen molar-refractivity contribution in [2.24, 2.45) is 5.92 Å². The van der Waals surface area contributed by atoms with Crippen LogP contribution in [0.25, 0.3) is 0 Å². The number of nitrogens with one attached hydrogen (secondary N) is 1. The van der Waals surface area contributed by atoms with Crippen LogP contribution < -0.4 is 14.4 Å². The van der Waals surface area contributed by atoms with Crippen LogP contribution in [0, 0.1) is 19.8 Å². The number of carbonyl (C=O) groups is 2. The van der Waals surface area contributed by atoms with Crippen molar-refractivity contribution >= 4 is 11.9 Å². The monoisotopic (exact) mass is 961 g/mol. The fraction of sp³-hybridized carbons (Fsp3) is 0.778. The average Bonchev–Trinajstić information content (AvgIpc) is 3.30. The maximum absolute atomic E-state index is 13.1. The summed E-state index contributed by atoms with van der Waals surface area (Å²) in [7, 11) is 4.50.